The van der Waals surface area contributed by atoms with Gasteiger partial charge in [-0.05, 0) is 65.4 Å². The van der Waals surface area contributed by atoms with E-state index in [4.69, 9.17) is 32.9 Å². The first-order valence-electron chi connectivity index (χ1n) is 15.5. The number of carbonyl (C=O) groups is 1. The molecule has 0 aliphatic carbocycles. The summed E-state index contributed by atoms with van der Waals surface area (Å²) in [6, 6.07) is 19.5. The Hall–Kier alpha value is -3.27. The van der Waals surface area contributed by atoms with Crippen molar-refractivity contribution >= 4 is 35.1 Å². The van der Waals surface area contributed by atoms with Crippen LogP contribution in [0.1, 0.15) is 68.5 Å². The molecule has 0 N–H and O–H groups in total. The number of amidine groups is 1. The highest BCUT2D eigenvalue weighted by Gasteiger charge is 2.45. The number of carbonyl (C=O) groups excluding carboxylic acids is 1. The van der Waals surface area contributed by atoms with E-state index in [1.165, 1.54) is 0 Å². The lowest BCUT2D eigenvalue weighted by molar-refractivity contribution is -0.138. The van der Waals surface area contributed by atoms with Crippen molar-refractivity contribution in [1.82, 2.24) is 14.7 Å². The number of benzene rings is 3. The third kappa shape index (κ3) is 7.81. The molecule has 3 aromatic carbocycles. The summed E-state index contributed by atoms with van der Waals surface area (Å²) in [5, 5.41) is 1.15. The monoisotopic (exact) mass is 674 g/mol. The van der Waals surface area contributed by atoms with Crippen LogP contribution in [0.25, 0.3) is 0 Å². The highest BCUT2D eigenvalue weighted by Crippen LogP contribution is 2.46. The first-order chi connectivity index (χ1) is 21.7. The molecule has 1 fully saturated rings. The highest BCUT2D eigenvalue weighted by molar-refractivity contribution is 6.30. The minimum Gasteiger partial charge on any atom is -0.493 e. The van der Waals surface area contributed by atoms with Crippen molar-refractivity contribution in [2.24, 2.45) is 4.99 Å². The Kier molecular flexibility index (Phi) is 10.3. The van der Waals surface area contributed by atoms with Gasteiger partial charge in [0.25, 0.3) is 0 Å². The molecule has 2 aliphatic rings. The third-order valence-electron chi connectivity index (χ3n) is 8.44. The molecule has 46 heavy (non-hydrogen) atoms. The summed E-state index contributed by atoms with van der Waals surface area (Å²) in [5.41, 5.74) is 3.33. The second kappa shape index (κ2) is 13.8. The standard InChI is InChI=1S/C35H39Cl2F3N4O2/c1-5-46-29-22-25(34(2,3)4)10-15-28(29)32-41-30(23-6-11-26(36)12-7-23)31(24-8-13-27(37)14-9-24)44(32)33(45)43-20-18-42(19-21-43)17-16-35(38,39)40/h6-15,22,30-31H,5,16-21H2,1-4H3/t30-,31+/m0/s1. The van der Waals surface area contributed by atoms with Crippen molar-refractivity contribution in [2.75, 3.05) is 39.3 Å². The van der Waals surface area contributed by atoms with Crippen molar-refractivity contribution in [1.29, 1.82) is 0 Å². The smallest absolute Gasteiger partial charge is 0.390 e. The van der Waals surface area contributed by atoms with E-state index >= 15 is 0 Å². The molecule has 246 valence electrons. The summed E-state index contributed by atoms with van der Waals surface area (Å²) >= 11 is 12.5. The van der Waals surface area contributed by atoms with Gasteiger partial charge < -0.3 is 9.64 Å². The second-order valence-electron chi connectivity index (χ2n) is 12.7. The Bertz CT molecular complexity index is 1550. The first kappa shape index (κ1) is 34.1. The van der Waals surface area contributed by atoms with Gasteiger partial charge in [0, 0.05) is 42.8 Å². The fourth-order valence-electron chi connectivity index (χ4n) is 5.90. The minimum absolute atomic E-state index is 0.0914. The summed E-state index contributed by atoms with van der Waals surface area (Å²) in [7, 11) is 0. The molecule has 2 heterocycles. The SMILES string of the molecule is CCOc1cc(C(C)(C)C)ccc1C1=N[C@@H](c2ccc(Cl)cc2)[C@@H](c2ccc(Cl)cc2)N1C(=O)N1CCN(CCC(F)(F)F)CC1. The van der Waals surface area contributed by atoms with Crippen molar-refractivity contribution in [2.45, 2.75) is 57.8 Å². The predicted octanol–water partition coefficient (Wildman–Crippen LogP) is 8.92. The summed E-state index contributed by atoms with van der Waals surface area (Å²) < 4.78 is 44.9. The van der Waals surface area contributed by atoms with E-state index in [2.05, 4.69) is 20.8 Å². The average molecular weight is 676 g/mol. The number of amides is 2. The molecule has 5 rings (SSSR count). The van der Waals surface area contributed by atoms with Crippen molar-refractivity contribution < 1.29 is 22.7 Å². The maximum atomic E-state index is 14.7. The predicted molar refractivity (Wildman–Crippen MR) is 177 cm³/mol. The molecule has 11 heteroatoms. The number of urea groups is 1. The van der Waals surface area contributed by atoms with Gasteiger partial charge in [-0.15, -0.1) is 0 Å². The molecule has 0 unspecified atom stereocenters. The highest BCUT2D eigenvalue weighted by atomic mass is 35.5. The van der Waals surface area contributed by atoms with Crippen LogP contribution >= 0.6 is 23.2 Å². The summed E-state index contributed by atoms with van der Waals surface area (Å²) in [4.78, 5) is 25.1. The lowest BCUT2D eigenvalue weighted by Crippen LogP contribution is -2.54. The fourth-order valence-corrected chi connectivity index (χ4v) is 6.15. The largest absolute Gasteiger partial charge is 0.493 e. The Balaban J connectivity index is 1.59. The van der Waals surface area contributed by atoms with Crippen LogP contribution in [-0.4, -0.2) is 72.1 Å². The van der Waals surface area contributed by atoms with Crippen LogP contribution in [0.4, 0.5) is 18.0 Å². The van der Waals surface area contributed by atoms with E-state index in [0.717, 1.165) is 16.7 Å². The maximum Gasteiger partial charge on any atom is 0.390 e. The number of hydrogen-bond acceptors (Lipinski definition) is 4. The zero-order valence-electron chi connectivity index (χ0n) is 26.5. The Morgan fingerprint density at radius 3 is 2.02 bits per heavy atom. The fraction of sp³-hybridized carbons (Fsp3) is 0.429. The molecular formula is C35H39Cl2F3N4O2. The number of nitrogens with zero attached hydrogens (tertiary/aromatic N) is 4. The van der Waals surface area contributed by atoms with E-state index in [9.17, 15) is 18.0 Å². The van der Waals surface area contributed by atoms with Crippen LogP contribution in [0.2, 0.25) is 10.0 Å². The van der Waals surface area contributed by atoms with Crippen LogP contribution in [0.3, 0.4) is 0 Å². The maximum absolute atomic E-state index is 14.7. The van der Waals surface area contributed by atoms with Gasteiger partial charge in [-0.25, -0.2) is 4.79 Å². The van der Waals surface area contributed by atoms with E-state index in [1.54, 1.807) is 39.0 Å². The summed E-state index contributed by atoms with van der Waals surface area (Å²) in [6.45, 7) is 9.90. The molecule has 3 aromatic rings. The zero-order chi connectivity index (χ0) is 33.2. The number of rotatable bonds is 7. The number of hydrogen-bond donors (Lipinski definition) is 0. The lowest BCUT2D eigenvalue weighted by Gasteiger charge is -2.39. The van der Waals surface area contributed by atoms with Crippen LogP contribution < -0.4 is 4.74 Å². The minimum atomic E-state index is -4.23. The van der Waals surface area contributed by atoms with Gasteiger partial charge >= 0.3 is 12.2 Å². The van der Waals surface area contributed by atoms with Gasteiger partial charge in [0.15, 0.2) is 0 Å². The van der Waals surface area contributed by atoms with Gasteiger partial charge in [-0.2, -0.15) is 13.2 Å². The molecule has 2 aliphatic heterocycles. The molecule has 0 bridgehead atoms. The molecule has 0 radical (unpaired) electrons. The zero-order valence-corrected chi connectivity index (χ0v) is 28.0. The Morgan fingerprint density at radius 2 is 1.48 bits per heavy atom. The van der Waals surface area contributed by atoms with Crippen LogP contribution in [0.15, 0.2) is 71.7 Å². The quantitative estimate of drug-likeness (QED) is 0.251. The molecule has 2 atom stereocenters. The molecular weight excluding hydrogens is 636 g/mol. The second-order valence-corrected chi connectivity index (χ2v) is 13.6. The van der Waals surface area contributed by atoms with Crippen LogP contribution in [0.5, 0.6) is 5.75 Å². The van der Waals surface area contributed by atoms with Gasteiger partial charge in [0.05, 0.1) is 24.6 Å². The van der Waals surface area contributed by atoms with Gasteiger partial charge in [0.2, 0.25) is 0 Å². The van der Waals surface area contributed by atoms with Crippen molar-refractivity contribution in [3.05, 3.63) is 99.0 Å². The average Bonchev–Trinajstić information content (AvgIpc) is 3.40. The topological polar surface area (TPSA) is 48.4 Å². The molecule has 0 saturated carbocycles. The normalized spacial score (nSPS) is 19.4. The molecule has 0 aromatic heterocycles. The first-order valence-corrected chi connectivity index (χ1v) is 16.2. The van der Waals surface area contributed by atoms with Crippen LogP contribution in [-0.2, 0) is 5.41 Å². The van der Waals surface area contributed by atoms with Gasteiger partial charge in [-0.1, -0.05) is 74.3 Å². The lowest BCUT2D eigenvalue weighted by atomic mass is 9.86. The molecule has 2 amide bonds. The van der Waals surface area contributed by atoms with Gasteiger partial charge in [-0.3, -0.25) is 14.8 Å². The summed E-state index contributed by atoms with van der Waals surface area (Å²) in [6.07, 6.45) is -5.10. The van der Waals surface area contributed by atoms with Crippen molar-refractivity contribution in [3.63, 3.8) is 0 Å². The number of piperazine rings is 1. The van der Waals surface area contributed by atoms with E-state index in [1.807, 2.05) is 49.4 Å². The number of aliphatic imine (C=N–C) groups is 1. The van der Waals surface area contributed by atoms with E-state index in [0.29, 0.717) is 60.0 Å². The molecule has 1 saturated heterocycles. The Labute approximate surface area is 278 Å². The third-order valence-corrected chi connectivity index (χ3v) is 8.94. The summed E-state index contributed by atoms with van der Waals surface area (Å²) in [5.74, 6) is 1.09. The molecule has 0 spiro atoms. The van der Waals surface area contributed by atoms with Crippen molar-refractivity contribution in [3.8, 4) is 5.75 Å². The van der Waals surface area contributed by atoms with Gasteiger partial charge in [0.1, 0.15) is 17.6 Å². The Morgan fingerprint density at radius 1 is 0.891 bits per heavy atom. The van der Waals surface area contributed by atoms with E-state index in [-0.39, 0.29) is 18.0 Å². The molecule has 6 nitrogen and oxygen atoms in total. The number of ether oxygens (including phenoxy) is 1. The van der Waals surface area contributed by atoms with Crippen LogP contribution in [0, 0.1) is 0 Å². The number of halogens is 5. The number of alkyl halides is 3. The van der Waals surface area contributed by atoms with E-state index < -0.39 is 24.7 Å².